The number of hydrogen-bond donors (Lipinski definition) is 1. The van der Waals surface area contributed by atoms with Crippen molar-refractivity contribution in [1.29, 1.82) is 0 Å². The highest BCUT2D eigenvalue weighted by atomic mass is 16.2. The molecule has 1 aliphatic heterocycles. The molecule has 1 aliphatic carbocycles. The molecule has 0 bridgehead atoms. The molecular formula is C17H33N3O. The van der Waals surface area contributed by atoms with Crippen LogP contribution in [0.3, 0.4) is 0 Å². The SMILES string of the molecule is CCCN(C1CCC(N)CC1)C(C)C(=O)N1CCCCC1. The minimum Gasteiger partial charge on any atom is -0.341 e. The smallest absolute Gasteiger partial charge is 0.239 e. The first-order chi connectivity index (χ1) is 10.1. The first-order valence-corrected chi connectivity index (χ1v) is 8.93. The zero-order valence-corrected chi connectivity index (χ0v) is 13.9. The van der Waals surface area contributed by atoms with Gasteiger partial charge in [0.2, 0.25) is 5.91 Å². The lowest BCUT2D eigenvalue weighted by Gasteiger charge is -2.41. The van der Waals surface area contributed by atoms with Crippen LogP contribution >= 0.6 is 0 Å². The van der Waals surface area contributed by atoms with Crippen LogP contribution in [0.1, 0.15) is 65.2 Å². The van der Waals surface area contributed by atoms with Gasteiger partial charge < -0.3 is 10.6 Å². The van der Waals surface area contributed by atoms with Gasteiger partial charge in [-0.15, -0.1) is 0 Å². The number of nitrogens with two attached hydrogens (primary N) is 1. The van der Waals surface area contributed by atoms with Gasteiger partial charge in [-0.1, -0.05) is 6.92 Å². The number of nitrogens with zero attached hydrogens (tertiary/aromatic N) is 2. The van der Waals surface area contributed by atoms with Crippen molar-refractivity contribution in [3.8, 4) is 0 Å². The lowest BCUT2D eigenvalue weighted by molar-refractivity contribution is -0.138. The van der Waals surface area contributed by atoms with Crippen LogP contribution in [0.4, 0.5) is 0 Å². The average Bonchev–Trinajstić information content (AvgIpc) is 2.53. The molecule has 0 radical (unpaired) electrons. The Morgan fingerprint density at radius 1 is 1.19 bits per heavy atom. The van der Waals surface area contributed by atoms with E-state index in [0.29, 0.717) is 18.0 Å². The second-order valence-corrected chi connectivity index (χ2v) is 6.87. The Morgan fingerprint density at radius 3 is 2.38 bits per heavy atom. The third kappa shape index (κ3) is 4.43. The van der Waals surface area contributed by atoms with Crippen LogP contribution in [0.25, 0.3) is 0 Å². The Morgan fingerprint density at radius 2 is 1.81 bits per heavy atom. The molecule has 0 aromatic carbocycles. The summed E-state index contributed by atoms with van der Waals surface area (Å²) in [6.45, 7) is 7.26. The van der Waals surface area contributed by atoms with Crippen molar-refractivity contribution in [2.75, 3.05) is 19.6 Å². The lowest BCUT2D eigenvalue weighted by Crippen LogP contribution is -2.53. The molecule has 2 aliphatic rings. The molecule has 1 amide bonds. The summed E-state index contributed by atoms with van der Waals surface area (Å²) < 4.78 is 0. The first kappa shape index (κ1) is 16.8. The molecule has 1 unspecified atom stereocenters. The Balaban J connectivity index is 1.97. The maximum atomic E-state index is 12.8. The largest absolute Gasteiger partial charge is 0.341 e. The van der Waals surface area contributed by atoms with Crippen molar-refractivity contribution in [2.24, 2.45) is 5.73 Å². The molecule has 0 aromatic rings. The third-order valence-electron chi connectivity index (χ3n) is 5.21. The summed E-state index contributed by atoms with van der Waals surface area (Å²) in [6, 6.07) is 0.952. The molecule has 0 spiro atoms. The Bertz CT molecular complexity index is 320. The van der Waals surface area contributed by atoms with Crippen LogP contribution in [0, 0.1) is 0 Å². The number of hydrogen-bond acceptors (Lipinski definition) is 3. The summed E-state index contributed by atoms with van der Waals surface area (Å²) >= 11 is 0. The fourth-order valence-corrected chi connectivity index (χ4v) is 3.90. The normalized spacial score (nSPS) is 28.7. The topological polar surface area (TPSA) is 49.6 Å². The molecule has 21 heavy (non-hydrogen) atoms. The van der Waals surface area contributed by atoms with Crippen LogP contribution in [0.2, 0.25) is 0 Å². The van der Waals surface area contributed by atoms with Crippen molar-refractivity contribution in [2.45, 2.75) is 83.3 Å². The minimum atomic E-state index is 0.0300. The van der Waals surface area contributed by atoms with Crippen molar-refractivity contribution >= 4 is 5.91 Å². The maximum Gasteiger partial charge on any atom is 0.239 e. The van der Waals surface area contributed by atoms with E-state index in [2.05, 4.69) is 23.6 Å². The number of piperidine rings is 1. The van der Waals surface area contributed by atoms with Gasteiger partial charge in [-0.25, -0.2) is 0 Å². The van der Waals surface area contributed by atoms with E-state index in [1.54, 1.807) is 0 Å². The molecule has 4 heteroatoms. The van der Waals surface area contributed by atoms with Crippen molar-refractivity contribution in [1.82, 2.24) is 9.80 Å². The molecule has 2 N–H and O–H groups in total. The number of likely N-dealkylation sites (tertiary alicyclic amines) is 1. The summed E-state index contributed by atoms with van der Waals surface area (Å²) in [5.74, 6) is 0.345. The molecule has 1 saturated carbocycles. The van der Waals surface area contributed by atoms with Crippen molar-refractivity contribution in [3.63, 3.8) is 0 Å². The molecular weight excluding hydrogens is 262 g/mol. The summed E-state index contributed by atoms with van der Waals surface area (Å²) in [5, 5.41) is 0. The van der Waals surface area contributed by atoms with Gasteiger partial charge in [0.1, 0.15) is 0 Å². The van der Waals surface area contributed by atoms with Crippen LogP contribution in [-0.2, 0) is 4.79 Å². The Labute approximate surface area is 130 Å². The molecule has 1 heterocycles. The molecule has 122 valence electrons. The number of carbonyl (C=O) groups is 1. The van der Waals surface area contributed by atoms with E-state index in [9.17, 15) is 4.79 Å². The van der Waals surface area contributed by atoms with Gasteiger partial charge >= 0.3 is 0 Å². The van der Waals surface area contributed by atoms with E-state index in [0.717, 1.165) is 51.7 Å². The van der Waals surface area contributed by atoms with Gasteiger partial charge in [-0.2, -0.15) is 0 Å². The van der Waals surface area contributed by atoms with Gasteiger partial charge in [0.25, 0.3) is 0 Å². The van der Waals surface area contributed by atoms with E-state index in [-0.39, 0.29) is 6.04 Å². The molecule has 2 fully saturated rings. The molecule has 2 rings (SSSR count). The highest BCUT2D eigenvalue weighted by molar-refractivity contribution is 5.81. The summed E-state index contributed by atoms with van der Waals surface area (Å²) in [4.78, 5) is 17.3. The zero-order chi connectivity index (χ0) is 15.2. The van der Waals surface area contributed by atoms with Crippen LogP contribution in [-0.4, -0.2) is 53.5 Å². The standard InChI is InChI=1S/C17H33N3O/c1-3-11-20(16-9-7-15(18)8-10-16)14(2)17(21)19-12-5-4-6-13-19/h14-16H,3-13,18H2,1-2H3. The fraction of sp³-hybridized carbons (Fsp3) is 0.941. The van der Waals surface area contributed by atoms with E-state index in [1.165, 1.54) is 19.3 Å². The average molecular weight is 295 g/mol. The second kappa shape index (κ2) is 8.14. The van der Waals surface area contributed by atoms with E-state index in [4.69, 9.17) is 5.73 Å². The summed E-state index contributed by atoms with van der Waals surface area (Å²) in [7, 11) is 0. The first-order valence-electron chi connectivity index (χ1n) is 8.93. The number of amides is 1. The van der Waals surface area contributed by atoms with Gasteiger partial charge in [0.05, 0.1) is 6.04 Å². The van der Waals surface area contributed by atoms with Gasteiger partial charge in [-0.3, -0.25) is 9.69 Å². The highest BCUT2D eigenvalue weighted by Gasteiger charge is 2.32. The van der Waals surface area contributed by atoms with Gasteiger partial charge in [0, 0.05) is 25.2 Å². The zero-order valence-electron chi connectivity index (χ0n) is 13.9. The fourth-order valence-electron chi connectivity index (χ4n) is 3.90. The number of rotatable bonds is 5. The quantitative estimate of drug-likeness (QED) is 0.847. The summed E-state index contributed by atoms with van der Waals surface area (Å²) in [5.41, 5.74) is 6.03. The van der Waals surface area contributed by atoms with Crippen LogP contribution in [0.15, 0.2) is 0 Å². The Hall–Kier alpha value is -0.610. The minimum absolute atomic E-state index is 0.0300. The van der Waals surface area contributed by atoms with E-state index < -0.39 is 0 Å². The molecule has 1 saturated heterocycles. The predicted octanol–water partition coefficient (Wildman–Crippen LogP) is 2.37. The predicted molar refractivity (Wildman–Crippen MR) is 87.1 cm³/mol. The summed E-state index contributed by atoms with van der Waals surface area (Å²) in [6.07, 6.45) is 9.25. The number of carbonyl (C=O) groups excluding carboxylic acids is 1. The van der Waals surface area contributed by atoms with Crippen molar-refractivity contribution in [3.05, 3.63) is 0 Å². The second-order valence-electron chi connectivity index (χ2n) is 6.87. The Kier molecular flexibility index (Phi) is 6.49. The molecule has 4 nitrogen and oxygen atoms in total. The monoisotopic (exact) mass is 295 g/mol. The van der Waals surface area contributed by atoms with Gasteiger partial charge in [-0.05, 0) is 64.8 Å². The molecule has 0 aromatic heterocycles. The van der Waals surface area contributed by atoms with E-state index in [1.807, 2.05) is 0 Å². The lowest BCUT2D eigenvalue weighted by atomic mass is 9.89. The van der Waals surface area contributed by atoms with Crippen LogP contribution < -0.4 is 5.73 Å². The molecule has 1 atom stereocenters. The van der Waals surface area contributed by atoms with Crippen LogP contribution in [0.5, 0.6) is 0 Å². The third-order valence-corrected chi connectivity index (χ3v) is 5.21. The van der Waals surface area contributed by atoms with E-state index >= 15 is 0 Å². The highest BCUT2D eigenvalue weighted by Crippen LogP contribution is 2.25. The van der Waals surface area contributed by atoms with Crippen molar-refractivity contribution < 1.29 is 4.79 Å². The van der Waals surface area contributed by atoms with Gasteiger partial charge in [0.15, 0.2) is 0 Å². The maximum absolute atomic E-state index is 12.8.